The first-order valence-electron chi connectivity index (χ1n) is 25.5. The summed E-state index contributed by atoms with van der Waals surface area (Å²) in [4.78, 5) is 12.5. The van der Waals surface area contributed by atoms with Crippen molar-refractivity contribution < 1.29 is 15.0 Å². The molecule has 0 radical (unpaired) electrons. The number of allylic oxidation sites excluding steroid dienone is 4. The Balaban J connectivity index is 3.48. The van der Waals surface area contributed by atoms with E-state index in [1.165, 1.54) is 225 Å². The van der Waals surface area contributed by atoms with Crippen molar-refractivity contribution in [3.05, 3.63) is 24.3 Å². The molecule has 0 heterocycles. The zero-order valence-electron chi connectivity index (χ0n) is 38.2. The molecule has 0 bridgehead atoms. The monoisotopic (exact) mass is 788 g/mol. The third-order valence-corrected chi connectivity index (χ3v) is 12.0. The Morgan fingerprint density at radius 2 is 0.732 bits per heavy atom. The molecule has 2 unspecified atom stereocenters. The van der Waals surface area contributed by atoms with Crippen molar-refractivity contribution in [2.75, 3.05) is 6.61 Å². The van der Waals surface area contributed by atoms with Gasteiger partial charge in [-0.15, -0.1) is 0 Å². The molecule has 2 atom stereocenters. The first-order valence-corrected chi connectivity index (χ1v) is 25.5. The summed E-state index contributed by atoms with van der Waals surface area (Å²) in [6, 6.07) is -0.537. The number of aliphatic hydroxyl groups is 2. The van der Waals surface area contributed by atoms with Gasteiger partial charge in [-0.3, -0.25) is 4.79 Å². The van der Waals surface area contributed by atoms with Gasteiger partial charge in [0.05, 0.1) is 18.8 Å². The van der Waals surface area contributed by atoms with Gasteiger partial charge in [-0.25, -0.2) is 0 Å². The van der Waals surface area contributed by atoms with Crippen LogP contribution in [0.4, 0.5) is 0 Å². The smallest absolute Gasteiger partial charge is 0.220 e. The van der Waals surface area contributed by atoms with Gasteiger partial charge in [0, 0.05) is 6.42 Å². The molecule has 56 heavy (non-hydrogen) atoms. The minimum Gasteiger partial charge on any atom is -0.394 e. The molecule has 0 spiro atoms. The Labute approximate surface area is 351 Å². The van der Waals surface area contributed by atoms with E-state index in [2.05, 4.69) is 43.5 Å². The summed E-state index contributed by atoms with van der Waals surface area (Å²) in [6.07, 6.45) is 62.8. The lowest BCUT2D eigenvalue weighted by molar-refractivity contribution is -0.123. The van der Waals surface area contributed by atoms with Crippen LogP contribution in [0.3, 0.4) is 0 Å². The molecule has 4 heteroatoms. The van der Waals surface area contributed by atoms with Gasteiger partial charge < -0.3 is 15.5 Å². The Bertz CT molecular complexity index is 810. The van der Waals surface area contributed by atoms with Crippen molar-refractivity contribution in [1.29, 1.82) is 0 Å². The van der Waals surface area contributed by atoms with E-state index in [0.29, 0.717) is 12.8 Å². The Hall–Kier alpha value is -1.13. The highest BCUT2D eigenvalue weighted by Gasteiger charge is 2.20. The second-order valence-electron chi connectivity index (χ2n) is 17.6. The van der Waals surface area contributed by atoms with E-state index in [-0.39, 0.29) is 12.5 Å². The molecular formula is C52H101NO3. The van der Waals surface area contributed by atoms with Crippen molar-refractivity contribution in [3.8, 4) is 0 Å². The largest absolute Gasteiger partial charge is 0.394 e. The van der Waals surface area contributed by atoms with Gasteiger partial charge in [0.1, 0.15) is 0 Å². The number of aliphatic hydroxyl groups excluding tert-OH is 2. The van der Waals surface area contributed by atoms with Crippen molar-refractivity contribution in [2.24, 2.45) is 0 Å². The molecule has 0 aromatic heterocycles. The van der Waals surface area contributed by atoms with E-state index >= 15 is 0 Å². The predicted molar refractivity (Wildman–Crippen MR) is 249 cm³/mol. The minimum absolute atomic E-state index is 0.0320. The van der Waals surface area contributed by atoms with Crippen LogP contribution in [0.2, 0.25) is 0 Å². The van der Waals surface area contributed by atoms with E-state index in [9.17, 15) is 15.0 Å². The number of carbonyl (C=O) groups is 1. The number of amides is 1. The third-order valence-electron chi connectivity index (χ3n) is 12.0. The molecule has 0 aromatic rings. The molecule has 0 saturated carbocycles. The van der Waals surface area contributed by atoms with Gasteiger partial charge in [-0.05, 0) is 44.9 Å². The number of nitrogens with one attached hydrogen (secondary N) is 1. The number of unbranched alkanes of at least 4 members (excludes halogenated alkanes) is 36. The molecule has 0 aliphatic carbocycles. The van der Waals surface area contributed by atoms with Crippen LogP contribution in [-0.4, -0.2) is 34.9 Å². The average molecular weight is 788 g/mol. The highest BCUT2D eigenvalue weighted by molar-refractivity contribution is 5.76. The second-order valence-corrected chi connectivity index (χ2v) is 17.6. The maximum Gasteiger partial charge on any atom is 0.220 e. The topological polar surface area (TPSA) is 69.6 Å². The molecule has 332 valence electrons. The summed E-state index contributed by atoms with van der Waals surface area (Å²) in [5.41, 5.74) is 0. The SMILES string of the molecule is CCCCCCCCCCC/C=C\C/C=C\CCCCCCCCCCCC(=O)NC(CO)C(O)CCCCCCCCCCCCCCCCCCCCC. The molecule has 0 saturated heterocycles. The lowest BCUT2D eigenvalue weighted by atomic mass is 10.0. The lowest BCUT2D eigenvalue weighted by Gasteiger charge is -2.22. The van der Waals surface area contributed by atoms with Gasteiger partial charge in [0.2, 0.25) is 5.91 Å². The van der Waals surface area contributed by atoms with Crippen molar-refractivity contribution in [2.45, 2.75) is 296 Å². The van der Waals surface area contributed by atoms with Gasteiger partial charge in [0.15, 0.2) is 0 Å². The fourth-order valence-electron chi connectivity index (χ4n) is 8.04. The van der Waals surface area contributed by atoms with Crippen molar-refractivity contribution in [3.63, 3.8) is 0 Å². The molecule has 0 aliphatic heterocycles. The lowest BCUT2D eigenvalue weighted by Crippen LogP contribution is -2.45. The quantitative estimate of drug-likeness (QED) is 0.0425. The highest BCUT2D eigenvalue weighted by atomic mass is 16.3. The molecular weight excluding hydrogens is 687 g/mol. The zero-order valence-corrected chi connectivity index (χ0v) is 38.2. The summed E-state index contributed by atoms with van der Waals surface area (Å²) < 4.78 is 0. The number of hydrogen-bond donors (Lipinski definition) is 3. The molecule has 0 rings (SSSR count). The van der Waals surface area contributed by atoms with Crippen LogP contribution in [0.1, 0.15) is 284 Å². The van der Waals surface area contributed by atoms with Crippen LogP contribution in [-0.2, 0) is 4.79 Å². The fraction of sp³-hybridized carbons (Fsp3) is 0.904. The summed E-state index contributed by atoms with van der Waals surface area (Å²) in [7, 11) is 0. The van der Waals surface area contributed by atoms with E-state index in [1.807, 2.05) is 0 Å². The predicted octanol–water partition coefficient (Wildman–Crippen LogP) is 16.4. The maximum absolute atomic E-state index is 12.5. The molecule has 1 amide bonds. The van der Waals surface area contributed by atoms with Crippen LogP contribution >= 0.6 is 0 Å². The minimum atomic E-state index is -0.660. The third kappa shape index (κ3) is 44.0. The maximum atomic E-state index is 12.5. The summed E-state index contributed by atoms with van der Waals surface area (Å²) in [5, 5.41) is 23.3. The summed E-state index contributed by atoms with van der Waals surface area (Å²) in [5.74, 6) is -0.0320. The molecule has 0 aromatic carbocycles. The van der Waals surface area contributed by atoms with Crippen LogP contribution in [0.5, 0.6) is 0 Å². The van der Waals surface area contributed by atoms with Crippen molar-refractivity contribution in [1.82, 2.24) is 5.32 Å². The standard InChI is InChI=1S/C52H101NO3/c1-3-5-7-9-11-13-15-17-19-21-23-24-25-26-27-28-30-32-34-36-38-40-42-44-46-48-52(56)53-50(49-54)51(55)47-45-43-41-39-37-35-33-31-29-22-20-18-16-14-12-10-8-6-4-2/h23-24,26-27,50-51,54-55H,3-22,25,28-49H2,1-2H3,(H,53,56)/b24-23-,27-26-. The van der Waals surface area contributed by atoms with Crippen LogP contribution in [0.15, 0.2) is 24.3 Å². The molecule has 3 N–H and O–H groups in total. The summed E-state index contributed by atoms with van der Waals surface area (Å²) in [6.45, 7) is 4.38. The van der Waals surface area contributed by atoms with Gasteiger partial charge in [0.25, 0.3) is 0 Å². The second kappa shape index (κ2) is 48.2. The van der Waals surface area contributed by atoms with Gasteiger partial charge in [-0.1, -0.05) is 256 Å². The van der Waals surface area contributed by atoms with Crippen LogP contribution in [0.25, 0.3) is 0 Å². The Morgan fingerprint density at radius 3 is 1.07 bits per heavy atom. The number of rotatable bonds is 47. The number of hydrogen-bond acceptors (Lipinski definition) is 3. The fourth-order valence-corrected chi connectivity index (χ4v) is 8.04. The normalized spacial score (nSPS) is 13.0. The van der Waals surface area contributed by atoms with Crippen LogP contribution in [0, 0.1) is 0 Å². The first-order chi connectivity index (χ1) is 27.7. The Morgan fingerprint density at radius 1 is 0.429 bits per heavy atom. The van der Waals surface area contributed by atoms with E-state index in [1.54, 1.807) is 0 Å². The zero-order chi connectivity index (χ0) is 40.7. The molecule has 4 nitrogen and oxygen atoms in total. The van der Waals surface area contributed by atoms with E-state index in [4.69, 9.17) is 0 Å². The Kier molecular flexibility index (Phi) is 47.3. The molecule has 0 fully saturated rings. The number of carbonyl (C=O) groups excluding carboxylic acids is 1. The first kappa shape index (κ1) is 54.9. The average Bonchev–Trinajstić information content (AvgIpc) is 3.20. The van der Waals surface area contributed by atoms with E-state index in [0.717, 1.165) is 32.1 Å². The highest BCUT2D eigenvalue weighted by Crippen LogP contribution is 2.17. The molecule has 0 aliphatic rings. The van der Waals surface area contributed by atoms with Gasteiger partial charge in [-0.2, -0.15) is 0 Å². The van der Waals surface area contributed by atoms with Gasteiger partial charge >= 0.3 is 0 Å². The van der Waals surface area contributed by atoms with E-state index < -0.39 is 12.1 Å². The summed E-state index contributed by atoms with van der Waals surface area (Å²) >= 11 is 0. The van der Waals surface area contributed by atoms with Crippen LogP contribution < -0.4 is 5.32 Å². The van der Waals surface area contributed by atoms with Crippen molar-refractivity contribution >= 4 is 5.91 Å².